The Labute approximate surface area is 168 Å². The molecule has 7 nitrogen and oxygen atoms in total. The highest BCUT2D eigenvalue weighted by Gasteiger charge is 2.30. The number of fused-ring (bicyclic) bond motifs is 2. The number of thiophene rings is 1. The van der Waals surface area contributed by atoms with Gasteiger partial charge in [-0.1, -0.05) is 6.92 Å². The van der Waals surface area contributed by atoms with Crippen LogP contribution < -0.4 is 10.5 Å². The van der Waals surface area contributed by atoms with Crippen LogP contribution in [-0.4, -0.2) is 20.3 Å². The summed E-state index contributed by atoms with van der Waals surface area (Å²) >= 11 is 1.13. The Morgan fingerprint density at radius 2 is 2.21 bits per heavy atom. The molecule has 9 heteroatoms. The number of nitrogens with one attached hydrogen (secondary N) is 1. The van der Waals surface area contributed by atoms with Crippen molar-refractivity contribution in [2.45, 2.75) is 62.2 Å². The zero-order valence-electron chi connectivity index (χ0n) is 15.9. The number of nitrogens with two attached hydrogens (primary N) is 1. The van der Waals surface area contributed by atoms with Crippen molar-refractivity contribution in [3.05, 3.63) is 39.5 Å². The number of urea groups is 1. The molecular formula is C19H24N4O3S2. The van der Waals surface area contributed by atoms with E-state index in [-0.39, 0.29) is 4.21 Å². The average Bonchev–Trinajstić information content (AvgIpc) is 3.34. The van der Waals surface area contributed by atoms with Crippen LogP contribution in [0.4, 0.5) is 10.5 Å². The molecule has 2 amide bonds. The van der Waals surface area contributed by atoms with Crippen LogP contribution in [0.25, 0.3) is 0 Å². The third kappa shape index (κ3) is 3.47. The molecular weight excluding hydrogens is 396 g/mol. The van der Waals surface area contributed by atoms with E-state index >= 15 is 0 Å². The standard InChI is InChI=1S/C19H24N4O3S2/c1-10-6-7-14-17(10)21-15-5-3-4-13(15)18(14)22-19(25)23-28(20,26)16-8-12(9-27-16)11(2)24/h8-11,24H,3-7H2,1-2H3,(H3,20,21,22,23,25,26)/t10-,11+,28?/m1/s1. The van der Waals surface area contributed by atoms with Crippen molar-refractivity contribution in [2.24, 2.45) is 9.50 Å². The van der Waals surface area contributed by atoms with E-state index in [1.165, 1.54) is 6.07 Å². The van der Waals surface area contributed by atoms with Gasteiger partial charge in [-0.25, -0.2) is 14.1 Å². The van der Waals surface area contributed by atoms with Gasteiger partial charge in [0.25, 0.3) is 0 Å². The molecule has 2 aromatic heterocycles. The van der Waals surface area contributed by atoms with Crippen molar-refractivity contribution in [2.75, 3.05) is 5.32 Å². The number of carbonyl (C=O) groups is 1. The molecule has 0 saturated heterocycles. The summed E-state index contributed by atoms with van der Waals surface area (Å²) in [6.45, 7) is 3.76. The molecule has 2 aromatic rings. The van der Waals surface area contributed by atoms with E-state index in [0.29, 0.717) is 11.5 Å². The molecule has 0 saturated carbocycles. The van der Waals surface area contributed by atoms with E-state index in [0.717, 1.165) is 71.6 Å². The Balaban J connectivity index is 1.67. The Bertz CT molecular complexity index is 1070. The zero-order valence-corrected chi connectivity index (χ0v) is 17.5. The molecule has 3 atom stereocenters. The Morgan fingerprint density at radius 1 is 1.43 bits per heavy atom. The van der Waals surface area contributed by atoms with Crippen LogP contribution >= 0.6 is 11.3 Å². The number of nitrogens with zero attached hydrogens (tertiary/aromatic N) is 2. The summed E-state index contributed by atoms with van der Waals surface area (Å²) in [4.78, 5) is 17.5. The Hall–Kier alpha value is -1.81. The normalized spacial score (nSPS) is 20.9. The highest BCUT2D eigenvalue weighted by atomic mass is 32.2. The number of aliphatic hydroxyl groups excluding tert-OH is 1. The molecule has 0 spiro atoms. The predicted molar refractivity (Wildman–Crippen MR) is 110 cm³/mol. The van der Waals surface area contributed by atoms with Crippen molar-refractivity contribution in [1.82, 2.24) is 4.98 Å². The Morgan fingerprint density at radius 3 is 2.93 bits per heavy atom. The van der Waals surface area contributed by atoms with Crippen LogP contribution in [0.2, 0.25) is 0 Å². The minimum absolute atomic E-state index is 0.275. The SMILES string of the molecule is C[C@H](O)c1csc(S(N)(=O)=NC(=O)Nc2c3c(nc4c2CC[C@H]4C)CCC3)c1. The van der Waals surface area contributed by atoms with Gasteiger partial charge in [-0.3, -0.25) is 4.98 Å². The largest absolute Gasteiger partial charge is 0.389 e. The number of hydrogen-bond acceptors (Lipinski definition) is 5. The summed E-state index contributed by atoms with van der Waals surface area (Å²) in [6, 6.07) is 0.833. The van der Waals surface area contributed by atoms with E-state index in [1.807, 2.05) is 0 Å². The van der Waals surface area contributed by atoms with Gasteiger partial charge in [-0.2, -0.15) is 0 Å². The molecule has 28 heavy (non-hydrogen) atoms. The van der Waals surface area contributed by atoms with Crippen molar-refractivity contribution in [3.63, 3.8) is 0 Å². The molecule has 0 aliphatic heterocycles. The van der Waals surface area contributed by atoms with Crippen LogP contribution in [0, 0.1) is 0 Å². The van der Waals surface area contributed by atoms with Crippen LogP contribution in [0.3, 0.4) is 0 Å². The number of hydrogen-bond donors (Lipinski definition) is 3. The molecule has 150 valence electrons. The zero-order chi connectivity index (χ0) is 20.1. The lowest BCUT2D eigenvalue weighted by atomic mass is 10.0. The maximum absolute atomic E-state index is 12.8. The van der Waals surface area contributed by atoms with Crippen LogP contribution in [-0.2, 0) is 29.2 Å². The predicted octanol–water partition coefficient (Wildman–Crippen LogP) is 3.67. The highest BCUT2D eigenvalue weighted by Crippen LogP contribution is 2.41. The molecule has 2 aliphatic rings. The first-order valence-electron chi connectivity index (χ1n) is 9.43. The lowest BCUT2D eigenvalue weighted by Crippen LogP contribution is -2.18. The summed E-state index contributed by atoms with van der Waals surface area (Å²) in [6.07, 6.45) is 3.99. The number of amides is 2. The van der Waals surface area contributed by atoms with Crippen molar-refractivity contribution >= 4 is 33.0 Å². The van der Waals surface area contributed by atoms with Gasteiger partial charge in [0.15, 0.2) is 9.92 Å². The number of rotatable bonds is 3. The van der Waals surface area contributed by atoms with Crippen LogP contribution in [0.1, 0.15) is 66.8 Å². The molecule has 2 heterocycles. The monoisotopic (exact) mass is 420 g/mol. The molecule has 0 bridgehead atoms. The second kappa shape index (κ2) is 7.22. The number of aromatic nitrogens is 1. The summed E-state index contributed by atoms with van der Waals surface area (Å²) in [5, 5.41) is 20.0. The molecule has 0 fully saturated rings. The van der Waals surface area contributed by atoms with Gasteiger partial charge in [0.05, 0.1) is 11.8 Å². The summed E-state index contributed by atoms with van der Waals surface area (Å²) in [5.41, 5.74) is 5.66. The first-order chi connectivity index (χ1) is 13.3. The number of aryl methyl sites for hydroxylation is 1. The van der Waals surface area contributed by atoms with E-state index in [4.69, 9.17) is 10.1 Å². The maximum atomic E-state index is 12.8. The second-order valence-electron chi connectivity index (χ2n) is 7.53. The fourth-order valence-electron chi connectivity index (χ4n) is 3.95. The Kier molecular flexibility index (Phi) is 5.03. The number of aliphatic hydroxyl groups is 1. The van der Waals surface area contributed by atoms with Gasteiger partial charge in [-0.05, 0) is 73.1 Å². The smallest absolute Gasteiger partial charge is 0.354 e. The number of anilines is 1. The fraction of sp³-hybridized carbons (Fsp3) is 0.474. The van der Waals surface area contributed by atoms with Gasteiger partial charge < -0.3 is 10.4 Å². The fourth-order valence-corrected chi connectivity index (χ4v) is 6.17. The van der Waals surface area contributed by atoms with Crippen molar-refractivity contribution in [1.29, 1.82) is 0 Å². The van der Waals surface area contributed by atoms with Crippen LogP contribution in [0.15, 0.2) is 20.0 Å². The van der Waals surface area contributed by atoms with Gasteiger partial charge in [0.1, 0.15) is 4.21 Å². The van der Waals surface area contributed by atoms with Crippen LogP contribution in [0.5, 0.6) is 0 Å². The number of carbonyl (C=O) groups excluding carboxylic acids is 1. The molecule has 1 unspecified atom stereocenters. The molecule has 4 rings (SSSR count). The van der Waals surface area contributed by atoms with Crippen molar-refractivity contribution in [3.8, 4) is 0 Å². The molecule has 0 aromatic carbocycles. The van der Waals surface area contributed by atoms with Gasteiger partial charge in [-0.15, -0.1) is 15.7 Å². The summed E-state index contributed by atoms with van der Waals surface area (Å²) in [5.74, 6) is 0.372. The van der Waals surface area contributed by atoms with E-state index in [2.05, 4.69) is 16.6 Å². The summed E-state index contributed by atoms with van der Waals surface area (Å²) < 4.78 is 16.9. The third-order valence-electron chi connectivity index (χ3n) is 5.47. The third-order valence-corrected chi connectivity index (χ3v) is 8.34. The topological polar surface area (TPSA) is 118 Å². The maximum Gasteiger partial charge on any atom is 0.354 e. The average molecular weight is 421 g/mol. The molecule has 2 aliphatic carbocycles. The van der Waals surface area contributed by atoms with E-state index in [1.54, 1.807) is 12.3 Å². The quantitative estimate of drug-likeness (QED) is 0.702. The lowest BCUT2D eigenvalue weighted by molar-refractivity contribution is 0.199. The summed E-state index contributed by atoms with van der Waals surface area (Å²) in [7, 11) is -3.38. The minimum atomic E-state index is -3.38. The van der Waals surface area contributed by atoms with Crippen molar-refractivity contribution < 1.29 is 14.1 Å². The highest BCUT2D eigenvalue weighted by molar-refractivity contribution is 7.93. The minimum Gasteiger partial charge on any atom is -0.389 e. The van der Waals surface area contributed by atoms with Gasteiger partial charge in [0, 0.05) is 11.4 Å². The number of pyridine rings is 1. The second-order valence-corrected chi connectivity index (χ2v) is 10.5. The first kappa shape index (κ1) is 19.5. The molecule has 4 N–H and O–H groups in total. The van der Waals surface area contributed by atoms with E-state index < -0.39 is 22.1 Å². The van der Waals surface area contributed by atoms with Gasteiger partial charge in [0.2, 0.25) is 0 Å². The first-order valence-corrected chi connectivity index (χ1v) is 11.9. The molecule has 0 radical (unpaired) electrons. The van der Waals surface area contributed by atoms with E-state index in [9.17, 15) is 14.1 Å². The lowest BCUT2D eigenvalue weighted by Gasteiger charge is -2.15. The van der Waals surface area contributed by atoms with Gasteiger partial charge >= 0.3 is 6.03 Å².